The molecule has 0 radical (unpaired) electrons. The van der Waals surface area contributed by atoms with Crippen LogP contribution in [0.3, 0.4) is 0 Å². The van der Waals surface area contributed by atoms with E-state index in [1.807, 2.05) is 31.2 Å². The molecule has 3 aromatic carbocycles. The van der Waals surface area contributed by atoms with Crippen LogP contribution in [0.15, 0.2) is 77.7 Å². The monoisotopic (exact) mass is 484 g/mol. The van der Waals surface area contributed by atoms with Crippen LogP contribution in [0.1, 0.15) is 19.8 Å². The number of para-hydroxylation sites is 2. The number of amides is 1. The summed E-state index contributed by atoms with van der Waals surface area (Å²) < 4.78 is 44.3. The van der Waals surface area contributed by atoms with E-state index >= 15 is 0 Å². The molecule has 0 aliphatic heterocycles. The van der Waals surface area contributed by atoms with Crippen molar-refractivity contribution >= 4 is 27.3 Å². The number of sulfonamides is 1. The first kappa shape index (κ1) is 24.9. The molecule has 0 aliphatic carbocycles. The summed E-state index contributed by atoms with van der Waals surface area (Å²) in [6, 6.07) is 20.0. The lowest BCUT2D eigenvalue weighted by atomic mass is 10.2. The van der Waals surface area contributed by atoms with Crippen molar-refractivity contribution in [1.82, 2.24) is 0 Å². The fourth-order valence-corrected chi connectivity index (χ4v) is 4.20. The minimum atomic E-state index is -3.83. The van der Waals surface area contributed by atoms with E-state index < -0.39 is 10.0 Å². The average Bonchev–Trinajstić information content (AvgIpc) is 2.83. The summed E-state index contributed by atoms with van der Waals surface area (Å²) in [6.45, 7) is 2.78. The van der Waals surface area contributed by atoms with Gasteiger partial charge >= 0.3 is 0 Å². The first-order chi connectivity index (χ1) is 16.4. The van der Waals surface area contributed by atoms with Crippen molar-refractivity contribution < 1.29 is 27.4 Å². The van der Waals surface area contributed by atoms with Gasteiger partial charge < -0.3 is 19.5 Å². The van der Waals surface area contributed by atoms with Gasteiger partial charge in [-0.1, -0.05) is 18.2 Å². The number of hydrogen-bond acceptors (Lipinski definition) is 6. The van der Waals surface area contributed by atoms with Gasteiger partial charge in [0.15, 0.2) is 11.5 Å². The van der Waals surface area contributed by atoms with E-state index in [9.17, 15) is 13.2 Å². The lowest BCUT2D eigenvalue weighted by Gasteiger charge is -2.12. The van der Waals surface area contributed by atoms with E-state index in [0.29, 0.717) is 48.3 Å². The largest absolute Gasteiger partial charge is 0.497 e. The number of hydrogen-bond donors (Lipinski definition) is 2. The number of ether oxygens (including phenoxy) is 3. The zero-order valence-electron chi connectivity index (χ0n) is 19.1. The Balaban J connectivity index is 1.52. The van der Waals surface area contributed by atoms with Gasteiger partial charge in [0.05, 0.1) is 25.2 Å². The Hall–Kier alpha value is -3.72. The Bertz CT molecular complexity index is 1200. The number of rotatable bonds is 12. The van der Waals surface area contributed by atoms with E-state index in [0.717, 1.165) is 0 Å². The Morgan fingerprint density at radius 1 is 0.882 bits per heavy atom. The number of benzene rings is 3. The van der Waals surface area contributed by atoms with Crippen LogP contribution in [0.2, 0.25) is 0 Å². The Kier molecular flexibility index (Phi) is 8.75. The number of nitrogens with one attached hydrogen (secondary N) is 2. The van der Waals surface area contributed by atoms with Gasteiger partial charge in [-0.25, -0.2) is 8.42 Å². The second-order valence-electron chi connectivity index (χ2n) is 7.24. The second-order valence-corrected chi connectivity index (χ2v) is 8.92. The number of methoxy groups -OCH3 is 1. The van der Waals surface area contributed by atoms with E-state index in [-0.39, 0.29) is 17.2 Å². The summed E-state index contributed by atoms with van der Waals surface area (Å²) >= 11 is 0. The van der Waals surface area contributed by atoms with E-state index in [2.05, 4.69) is 10.0 Å². The highest BCUT2D eigenvalue weighted by molar-refractivity contribution is 7.92. The molecule has 9 heteroatoms. The van der Waals surface area contributed by atoms with Gasteiger partial charge in [0.25, 0.3) is 10.0 Å². The third-order valence-electron chi connectivity index (χ3n) is 4.73. The molecule has 0 aliphatic rings. The van der Waals surface area contributed by atoms with E-state index in [4.69, 9.17) is 14.2 Å². The van der Waals surface area contributed by atoms with Crippen molar-refractivity contribution in [3.8, 4) is 17.2 Å². The zero-order chi connectivity index (χ0) is 24.4. The molecule has 2 N–H and O–H groups in total. The minimum absolute atomic E-state index is 0.0389. The highest BCUT2D eigenvalue weighted by Crippen LogP contribution is 2.26. The van der Waals surface area contributed by atoms with E-state index in [1.54, 1.807) is 36.4 Å². The highest BCUT2D eigenvalue weighted by Gasteiger charge is 2.15. The normalized spacial score (nSPS) is 10.9. The van der Waals surface area contributed by atoms with Gasteiger partial charge in [0.2, 0.25) is 5.91 Å². The van der Waals surface area contributed by atoms with Crippen LogP contribution in [0.5, 0.6) is 17.2 Å². The highest BCUT2D eigenvalue weighted by atomic mass is 32.2. The molecule has 3 aromatic rings. The molecule has 180 valence electrons. The molecule has 34 heavy (non-hydrogen) atoms. The van der Waals surface area contributed by atoms with Crippen LogP contribution in [-0.2, 0) is 14.8 Å². The summed E-state index contributed by atoms with van der Waals surface area (Å²) in [5, 5.41) is 2.74. The van der Waals surface area contributed by atoms with Crippen molar-refractivity contribution in [3.63, 3.8) is 0 Å². The number of anilines is 2. The fourth-order valence-electron chi connectivity index (χ4n) is 3.10. The average molecular weight is 485 g/mol. The third-order valence-corrected chi connectivity index (χ3v) is 6.10. The summed E-state index contributed by atoms with van der Waals surface area (Å²) in [5.74, 6) is 1.68. The van der Waals surface area contributed by atoms with Crippen LogP contribution in [0.4, 0.5) is 11.4 Å². The standard InChI is InChI=1S/C25H28N2O6S/c1-3-32-23-10-4-5-11-24(23)33-17-7-12-25(28)26-20-8-6-9-22(18-20)34(29,30)27-19-13-15-21(31-2)16-14-19/h4-6,8-11,13-16,18,27H,3,7,12,17H2,1-2H3,(H,26,28). The molecule has 0 saturated heterocycles. The quantitative estimate of drug-likeness (QED) is 0.362. The van der Waals surface area contributed by atoms with Crippen LogP contribution in [-0.4, -0.2) is 34.6 Å². The maximum absolute atomic E-state index is 12.7. The second kappa shape index (κ2) is 11.9. The molecule has 3 rings (SSSR count). The van der Waals surface area contributed by atoms with Gasteiger partial charge in [-0.3, -0.25) is 9.52 Å². The van der Waals surface area contributed by atoms with Gasteiger partial charge in [-0.05, 0) is 67.9 Å². The maximum atomic E-state index is 12.7. The molecule has 0 spiro atoms. The summed E-state index contributed by atoms with van der Waals surface area (Å²) in [5.41, 5.74) is 0.798. The van der Waals surface area contributed by atoms with Gasteiger partial charge in [-0.15, -0.1) is 0 Å². The van der Waals surface area contributed by atoms with Gasteiger partial charge in [-0.2, -0.15) is 0 Å². The van der Waals surface area contributed by atoms with Crippen molar-refractivity contribution in [2.75, 3.05) is 30.4 Å². The maximum Gasteiger partial charge on any atom is 0.261 e. The van der Waals surface area contributed by atoms with Crippen molar-refractivity contribution in [1.29, 1.82) is 0 Å². The van der Waals surface area contributed by atoms with Crippen molar-refractivity contribution in [2.45, 2.75) is 24.7 Å². The lowest BCUT2D eigenvalue weighted by Crippen LogP contribution is -2.15. The van der Waals surface area contributed by atoms with Gasteiger partial charge in [0.1, 0.15) is 5.75 Å². The van der Waals surface area contributed by atoms with Crippen LogP contribution >= 0.6 is 0 Å². The predicted molar refractivity (Wildman–Crippen MR) is 131 cm³/mol. The molecule has 0 unspecified atom stereocenters. The minimum Gasteiger partial charge on any atom is -0.497 e. The summed E-state index contributed by atoms with van der Waals surface area (Å²) in [7, 11) is -2.29. The molecular formula is C25H28N2O6S. The molecule has 1 amide bonds. The van der Waals surface area contributed by atoms with Crippen LogP contribution in [0.25, 0.3) is 0 Å². The Morgan fingerprint density at radius 2 is 1.59 bits per heavy atom. The number of carbonyl (C=O) groups excluding carboxylic acids is 1. The molecular weight excluding hydrogens is 456 g/mol. The first-order valence-electron chi connectivity index (χ1n) is 10.8. The molecule has 0 saturated carbocycles. The molecule has 0 fully saturated rings. The Morgan fingerprint density at radius 3 is 2.26 bits per heavy atom. The smallest absolute Gasteiger partial charge is 0.261 e. The molecule has 0 aromatic heterocycles. The van der Waals surface area contributed by atoms with Crippen LogP contribution in [0, 0.1) is 0 Å². The Labute approximate surface area is 199 Å². The first-order valence-corrected chi connectivity index (χ1v) is 12.3. The van der Waals surface area contributed by atoms with Gasteiger partial charge in [0, 0.05) is 17.8 Å². The summed E-state index contributed by atoms with van der Waals surface area (Å²) in [4.78, 5) is 12.4. The van der Waals surface area contributed by atoms with Crippen LogP contribution < -0.4 is 24.2 Å². The topological polar surface area (TPSA) is 103 Å². The van der Waals surface area contributed by atoms with Crippen molar-refractivity contribution in [2.24, 2.45) is 0 Å². The van der Waals surface area contributed by atoms with Crippen molar-refractivity contribution in [3.05, 3.63) is 72.8 Å². The molecule has 8 nitrogen and oxygen atoms in total. The lowest BCUT2D eigenvalue weighted by molar-refractivity contribution is -0.116. The zero-order valence-corrected chi connectivity index (χ0v) is 19.9. The SMILES string of the molecule is CCOc1ccccc1OCCCC(=O)Nc1cccc(S(=O)(=O)Nc2ccc(OC)cc2)c1. The predicted octanol–water partition coefficient (Wildman–Crippen LogP) is 4.69. The molecule has 0 atom stereocenters. The summed E-state index contributed by atoms with van der Waals surface area (Å²) in [6.07, 6.45) is 0.710. The molecule has 0 heterocycles. The van der Waals surface area contributed by atoms with E-state index in [1.165, 1.54) is 19.2 Å². The third kappa shape index (κ3) is 7.14. The fraction of sp³-hybridized carbons (Fsp3) is 0.240. The number of carbonyl (C=O) groups is 1. The molecule has 0 bridgehead atoms.